The van der Waals surface area contributed by atoms with Crippen molar-refractivity contribution in [3.63, 3.8) is 0 Å². The Balaban J connectivity index is 1.57. The predicted octanol–water partition coefficient (Wildman–Crippen LogP) is 3.46. The minimum absolute atomic E-state index is 0.0605. The van der Waals surface area contributed by atoms with E-state index in [1.54, 1.807) is 11.1 Å². The van der Waals surface area contributed by atoms with Crippen LogP contribution in [0.1, 0.15) is 46.5 Å². The number of anilines is 1. The Bertz CT molecular complexity index is 594. The molecule has 2 aliphatic rings. The molecule has 1 aromatic rings. The molecule has 3 heterocycles. The molecule has 0 aromatic carbocycles. The molecule has 6 nitrogen and oxygen atoms in total. The Morgan fingerprint density at radius 3 is 2.68 bits per heavy atom. The fraction of sp³-hybridized carbons (Fsp3) is 0.684. The van der Waals surface area contributed by atoms with Gasteiger partial charge >= 0.3 is 6.09 Å². The first kappa shape index (κ1) is 17.8. The summed E-state index contributed by atoms with van der Waals surface area (Å²) in [4.78, 5) is 20.8. The number of carbonyl (C=O) groups excluding carboxylic acids is 1. The second-order valence-electron chi connectivity index (χ2n) is 7.85. The number of carbonyl (C=O) groups is 1. The van der Waals surface area contributed by atoms with Crippen molar-refractivity contribution in [2.45, 2.75) is 58.1 Å². The molecule has 1 atom stereocenters. The van der Waals surface area contributed by atoms with Gasteiger partial charge in [0.2, 0.25) is 0 Å². The molecule has 25 heavy (non-hydrogen) atoms. The first-order valence-corrected chi connectivity index (χ1v) is 9.25. The molecule has 138 valence electrons. The Kier molecular flexibility index (Phi) is 5.35. The highest BCUT2D eigenvalue weighted by molar-refractivity contribution is 5.69. The van der Waals surface area contributed by atoms with Gasteiger partial charge in [0, 0.05) is 25.7 Å². The van der Waals surface area contributed by atoms with Gasteiger partial charge in [-0.1, -0.05) is 0 Å². The second kappa shape index (κ2) is 7.50. The normalized spacial score (nSPS) is 20.8. The average Bonchev–Trinajstić information content (AvgIpc) is 3.23. The van der Waals surface area contributed by atoms with Crippen LogP contribution >= 0.6 is 0 Å². The molecule has 2 aliphatic heterocycles. The average molecular weight is 347 g/mol. The first-order valence-electron chi connectivity index (χ1n) is 9.25. The molecular formula is C19H29N3O3. The maximum absolute atomic E-state index is 12.3. The van der Waals surface area contributed by atoms with Crippen LogP contribution in [-0.4, -0.2) is 53.9 Å². The Hall–Kier alpha value is -1.98. The molecule has 0 saturated carbocycles. The van der Waals surface area contributed by atoms with Gasteiger partial charge in [0.25, 0.3) is 0 Å². The maximum atomic E-state index is 12.3. The summed E-state index contributed by atoms with van der Waals surface area (Å²) >= 11 is 0. The van der Waals surface area contributed by atoms with Crippen LogP contribution in [0.4, 0.5) is 10.5 Å². The van der Waals surface area contributed by atoms with Gasteiger partial charge in [0.1, 0.15) is 18.0 Å². The zero-order valence-corrected chi connectivity index (χ0v) is 15.5. The van der Waals surface area contributed by atoms with Crippen molar-refractivity contribution in [2.75, 3.05) is 31.1 Å². The van der Waals surface area contributed by atoms with Gasteiger partial charge in [0.15, 0.2) is 0 Å². The summed E-state index contributed by atoms with van der Waals surface area (Å²) in [5.41, 5.74) is 0.643. The van der Waals surface area contributed by atoms with Gasteiger partial charge < -0.3 is 19.3 Å². The van der Waals surface area contributed by atoms with E-state index in [1.165, 1.54) is 12.8 Å². The van der Waals surface area contributed by atoms with Crippen LogP contribution in [0.25, 0.3) is 0 Å². The lowest BCUT2D eigenvalue weighted by Crippen LogP contribution is -2.42. The third kappa shape index (κ3) is 4.77. The summed E-state index contributed by atoms with van der Waals surface area (Å²) in [6.45, 7) is 9.05. The van der Waals surface area contributed by atoms with Gasteiger partial charge in [-0.3, -0.25) is 4.98 Å². The number of hydrogen-bond acceptors (Lipinski definition) is 5. The SMILES string of the molecule is CC(C)(C)OC(=O)N1CCC[C@H]1COc1cncc(N2CCCC2)c1. The fourth-order valence-corrected chi connectivity index (χ4v) is 3.40. The van der Waals surface area contributed by atoms with Crippen LogP contribution in [0, 0.1) is 0 Å². The minimum atomic E-state index is -0.473. The molecule has 0 unspecified atom stereocenters. The summed E-state index contributed by atoms with van der Waals surface area (Å²) in [6, 6.07) is 2.11. The summed E-state index contributed by atoms with van der Waals surface area (Å²) < 4.78 is 11.5. The van der Waals surface area contributed by atoms with E-state index in [4.69, 9.17) is 9.47 Å². The summed E-state index contributed by atoms with van der Waals surface area (Å²) in [5.74, 6) is 0.764. The fourth-order valence-electron chi connectivity index (χ4n) is 3.40. The van der Waals surface area contributed by atoms with Crippen LogP contribution < -0.4 is 9.64 Å². The third-order valence-corrected chi connectivity index (χ3v) is 4.62. The number of ether oxygens (including phenoxy) is 2. The standard InChI is InChI=1S/C19H29N3O3/c1-19(2,3)25-18(23)22-10-6-7-15(22)14-24-17-11-16(12-20-13-17)21-8-4-5-9-21/h11-13,15H,4-10,14H2,1-3H3/t15-/m0/s1. The largest absolute Gasteiger partial charge is 0.490 e. The van der Waals surface area contributed by atoms with E-state index in [-0.39, 0.29) is 12.1 Å². The molecule has 3 rings (SSSR count). The number of likely N-dealkylation sites (tertiary alicyclic amines) is 1. The molecule has 0 N–H and O–H groups in total. The van der Waals surface area contributed by atoms with E-state index >= 15 is 0 Å². The highest BCUT2D eigenvalue weighted by Crippen LogP contribution is 2.25. The van der Waals surface area contributed by atoms with Crippen molar-refractivity contribution in [2.24, 2.45) is 0 Å². The van der Waals surface area contributed by atoms with Crippen molar-refractivity contribution >= 4 is 11.8 Å². The topological polar surface area (TPSA) is 54.9 Å². The van der Waals surface area contributed by atoms with E-state index in [0.29, 0.717) is 6.61 Å². The van der Waals surface area contributed by atoms with Crippen molar-refractivity contribution < 1.29 is 14.3 Å². The second-order valence-corrected chi connectivity index (χ2v) is 7.85. The number of pyridine rings is 1. The molecular weight excluding hydrogens is 318 g/mol. The molecule has 1 aromatic heterocycles. The Labute approximate surface area is 150 Å². The van der Waals surface area contributed by atoms with E-state index in [0.717, 1.165) is 43.9 Å². The highest BCUT2D eigenvalue weighted by atomic mass is 16.6. The van der Waals surface area contributed by atoms with Crippen LogP contribution in [0.15, 0.2) is 18.5 Å². The zero-order chi connectivity index (χ0) is 17.9. The number of aromatic nitrogens is 1. The van der Waals surface area contributed by atoms with Crippen molar-refractivity contribution in [3.8, 4) is 5.75 Å². The van der Waals surface area contributed by atoms with Crippen LogP contribution in [0.2, 0.25) is 0 Å². The lowest BCUT2D eigenvalue weighted by atomic mass is 10.2. The molecule has 2 fully saturated rings. The van der Waals surface area contributed by atoms with Crippen LogP contribution in [0.3, 0.4) is 0 Å². The van der Waals surface area contributed by atoms with Gasteiger partial charge in [-0.05, 0) is 46.5 Å². The van der Waals surface area contributed by atoms with Crippen molar-refractivity contribution in [1.29, 1.82) is 0 Å². The molecule has 2 saturated heterocycles. The van der Waals surface area contributed by atoms with E-state index in [1.807, 2.05) is 33.0 Å². The molecule has 0 spiro atoms. The highest BCUT2D eigenvalue weighted by Gasteiger charge is 2.32. The van der Waals surface area contributed by atoms with Crippen molar-refractivity contribution in [1.82, 2.24) is 9.88 Å². The first-order chi connectivity index (χ1) is 11.9. The molecule has 0 aliphatic carbocycles. The van der Waals surface area contributed by atoms with Crippen molar-refractivity contribution in [3.05, 3.63) is 18.5 Å². The van der Waals surface area contributed by atoms with Gasteiger partial charge in [-0.25, -0.2) is 4.79 Å². The smallest absolute Gasteiger partial charge is 0.410 e. The summed E-state index contributed by atoms with van der Waals surface area (Å²) in [5, 5.41) is 0. The monoisotopic (exact) mass is 347 g/mol. The predicted molar refractivity (Wildman–Crippen MR) is 97.1 cm³/mol. The van der Waals surface area contributed by atoms with Crippen LogP contribution in [0.5, 0.6) is 5.75 Å². The zero-order valence-electron chi connectivity index (χ0n) is 15.5. The molecule has 0 radical (unpaired) electrons. The van der Waals surface area contributed by atoms with Gasteiger partial charge in [-0.2, -0.15) is 0 Å². The Morgan fingerprint density at radius 2 is 1.96 bits per heavy atom. The lowest BCUT2D eigenvalue weighted by molar-refractivity contribution is 0.0187. The molecule has 6 heteroatoms. The van der Waals surface area contributed by atoms with E-state index in [2.05, 4.69) is 9.88 Å². The quantitative estimate of drug-likeness (QED) is 0.835. The Morgan fingerprint density at radius 1 is 1.20 bits per heavy atom. The number of nitrogens with zero attached hydrogens (tertiary/aromatic N) is 3. The van der Waals surface area contributed by atoms with E-state index in [9.17, 15) is 4.79 Å². The lowest BCUT2D eigenvalue weighted by Gasteiger charge is -2.28. The third-order valence-electron chi connectivity index (χ3n) is 4.62. The van der Waals surface area contributed by atoms with E-state index < -0.39 is 5.60 Å². The molecule has 0 bridgehead atoms. The number of rotatable bonds is 4. The molecule has 1 amide bonds. The summed E-state index contributed by atoms with van der Waals surface area (Å²) in [6.07, 6.45) is 7.78. The maximum Gasteiger partial charge on any atom is 0.410 e. The van der Waals surface area contributed by atoms with Gasteiger partial charge in [0.05, 0.1) is 24.1 Å². The van der Waals surface area contributed by atoms with Gasteiger partial charge in [-0.15, -0.1) is 0 Å². The number of amides is 1. The summed E-state index contributed by atoms with van der Waals surface area (Å²) in [7, 11) is 0. The van der Waals surface area contributed by atoms with Crippen LogP contribution in [-0.2, 0) is 4.74 Å². The minimum Gasteiger partial charge on any atom is -0.490 e. The number of hydrogen-bond donors (Lipinski definition) is 0.